The Morgan fingerprint density at radius 1 is 1.16 bits per heavy atom. The molecule has 1 amide bonds. The molecule has 1 N–H and O–H groups in total. The van der Waals surface area contributed by atoms with Crippen LogP contribution in [0.4, 0.5) is 11.5 Å². The summed E-state index contributed by atoms with van der Waals surface area (Å²) in [5, 5.41) is 0. The number of rotatable bonds is 6. The Bertz CT molecular complexity index is 1020. The van der Waals surface area contributed by atoms with Crippen molar-refractivity contribution in [2.75, 3.05) is 42.1 Å². The predicted molar refractivity (Wildman–Crippen MR) is 131 cm³/mol. The first kappa shape index (κ1) is 21.4. The molecule has 3 fully saturated rings. The second-order valence-corrected chi connectivity index (χ2v) is 10.4. The SMILES string of the molecule is CSNc1ccc(N2CC3(CCN(C(=O)C4CC4)C3)C2)nc1Oc1c(C)cc(C)cc1C. The third-order valence-electron chi connectivity index (χ3n) is 6.91. The highest BCUT2D eigenvalue weighted by Crippen LogP contribution is 2.44. The molecular weight excluding hydrogens is 420 g/mol. The Morgan fingerprint density at radius 3 is 2.53 bits per heavy atom. The Kier molecular flexibility index (Phi) is 5.48. The second kappa shape index (κ2) is 8.18. The van der Waals surface area contributed by atoms with E-state index in [0.717, 1.165) is 73.8 Å². The van der Waals surface area contributed by atoms with Crippen LogP contribution in [-0.4, -0.2) is 48.2 Å². The first-order valence-corrected chi connectivity index (χ1v) is 12.7. The number of amides is 1. The van der Waals surface area contributed by atoms with Gasteiger partial charge >= 0.3 is 0 Å². The highest BCUT2D eigenvalue weighted by molar-refractivity contribution is 7.99. The zero-order valence-electron chi connectivity index (χ0n) is 19.4. The zero-order valence-corrected chi connectivity index (χ0v) is 20.2. The van der Waals surface area contributed by atoms with E-state index in [2.05, 4.69) is 59.6 Å². The van der Waals surface area contributed by atoms with Crippen LogP contribution in [0.2, 0.25) is 0 Å². The van der Waals surface area contributed by atoms with Crippen molar-refractivity contribution >= 4 is 29.4 Å². The Hall–Kier alpha value is -2.41. The van der Waals surface area contributed by atoms with Gasteiger partial charge in [0.15, 0.2) is 0 Å². The molecular formula is C25H32N4O2S. The number of ether oxygens (including phenoxy) is 1. The number of nitrogens with zero attached hydrogens (tertiary/aromatic N) is 3. The van der Waals surface area contributed by atoms with E-state index in [9.17, 15) is 4.79 Å². The smallest absolute Gasteiger partial charge is 0.245 e. The number of hydrogen-bond acceptors (Lipinski definition) is 6. The average molecular weight is 453 g/mol. The highest BCUT2D eigenvalue weighted by atomic mass is 32.2. The third-order valence-corrected chi connectivity index (χ3v) is 7.34. The molecule has 3 heterocycles. The van der Waals surface area contributed by atoms with E-state index in [-0.39, 0.29) is 5.41 Å². The van der Waals surface area contributed by atoms with Gasteiger partial charge in [-0.05, 0) is 63.3 Å². The number of aromatic nitrogens is 1. The van der Waals surface area contributed by atoms with Gasteiger partial charge in [-0.15, -0.1) is 0 Å². The van der Waals surface area contributed by atoms with Crippen molar-refractivity contribution in [1.29, 1.82) is 0 Å². The van der Waals surface area contributed by atoms with Gasteiger partial charge in [-0.1, -0.05) is 29.6 Å². The Balaban J connectivity index is 1.32. The van der Waals surface area contributed by atoms with Crippen LogP contribution < -0.4 is 14.4 Å². The van der Waals surface area contributed by atoms with E-state index in [4.69, 9.17) is 9.72 Å². The van der Waals surface area contributed by atoms with E-state index in [1.54, 1.807) is 0 Å². The van der Waals surface area contributed by atoms with Gasteiger partial charge in [0, 0.05) is 43.8 Å². The van der Waals surface area contributed by atoms with Gasteiger partial charge in [-0.2, -0.15) is 4.98 Å². The fraction of sp³-hybridized carbons (Fsp3) is 0.520. The van der Waals surface area contributed by atoms with E-state index in [1.165, 1.54) is 17.5 Å². The molecule has 170 valence electrons. The topological polar surface area (TPSA) is 57.7 Å². The lowest BCUT2D eigenvalue weighted by Gasteiger charge is -2.48. The van der Waals surface area contributed by atoms with Crippen molar-refractivity contribution in [3.8, 4) is 11.6 Å². The molecule has 6 nitrogen and oxygen atoms in total. The summed E-state index contributed by atoms with van der Waals surface area (Å²) in [5.74, 6) is 3.10. The number of nitrogens with one attached hydrogen (secondary N) is 1. The lowest BCUT2D eigenvalue weighted by atomic mass is 9.79. The summed E-state index contributed by atoms with van der Waals surface area (Å²) < 4.78 is 9.67. The second-order valence-electron chi connectivity index (χ2n) is 9.80. The van der Waals surface area contributed by atoms with Crippen LogP contribution in [0.3, 0.4) is 0 Å². The molecule has 1 aromatic heterocycles. The van der Waals surface area contributed by atoms with Gasteiger partial charge in [-0.25, -0.2) is 0 Å². The van der Waals surface area contributed by atoms with E-state index >= 15 is 0 Å². The fourth-order valence-corrected chi connectivity index (χ4v) is 5.57. The van der Waals surface area contributed by atoms with Gasteiger partial charge in [0.2, 0.25) is 11.8 Å². The molecule has 0 atom stereocenters. The molecule has 5 rings (SSSR count). The minimum absolute atomic E-state index is 0.230. The molecule has 0 radical (unpaired) electrons. The molecule has 1 saturated carbocycles. The van der Waals surface area contributed by atoms with E-state index < -0.39 is 0 Å². The van der Waals surface area contributed by atoms with Crippen LogP contribution in [0.1, 0.15) is 36.0 Å². The molecule has 1 spiro atoms. The number of hydrogen-bond donors (Lipinski definition) is 1. The molecule has 0 bridgehead atoms. The average Bonchev–Trinajstić information content (AvgIpc) is 3.48. The summed E-state index contributed by atoms with van der Waals surface area (Å²) in [6.07, 6.45) is 5.25. The number of anilines is 2. The number of carbonyl (C=O) groups is 1. The van der Waals surface area contributed by atoms with Crippen LogP contribution in [0.25, 0.3) is 0 Å². The largest absolute Gasteiger partial charge is 0.436 e. The highest BCUT2D eigenvalue weighted by Gasteiger charge is 2.50. The standard InChI is InChI=1S/C25H32N4O2S/c1-16-11-17(2)22(18(3)12-16)31-23-20(27-32-4)7-8-21(26-23)29-14-25(15-29)9-10-28(13-25)24(30)19-5-6-19/h7-8,11-12,19,27H,5-6,9-10,13-15H2,1-4H3. The summed E-state index contributed by atoms with van der Waals surface area (Å²) in [6, 6.07) is 8.40. The number of likely N-dealkylation sites (tertiary alicyclic amines) is 1. The van der Waals surface area contributed by atoms with Gasteiger partial charge in [0.05, 0.1) is 0 Å². The fourth-order valence-electron chi connectivity index (χ4n) is 5.19. The zero-order chi connectivity index (χ0) is 22.5. The van der Waals surface area contributed by atoms with Crippen LogP contribution in [0.15, 0.2) is 24.3 Å². The van der Waals surface area contributed by atoms with Crippen molar-refractivity contribution in [2.24, 2.45) is 11.3 Å². The molecule has 2 aromatic rings. The van der Waals surface area contributed by atoms with Crippen LogP contribution in [0.5, 0.6) is 11.6 Å². The number of carbonyl (C=O) groups excluding carboxylic acids is 1. The predicted octanol–water partition coefficient (Wildman–Crippen LogP) is 4.94. The summed E-state index contributed by atoms with van der Waals surface area (Å²) >= 11 is 1.53. The number of pyridine rings is 1. The van der Waals surface area contributed by atoms with Crippen molar-refractivity contribution in [3.63, 3.8) is 0 Å². The van der Waals surface area contributed by atoms with Crippen molar-refractivity contribution in [2.45, 2.75) is 40.0 Å². The van der Waals surface area contributed by atoms with Gasteiger partial charge in [0.1, 0.15) is 17.3 Å². The van der Waals surface area contributed by atoms with Crippen LogP contribution in [-0.2, 0) is 4.79 Å². The maximum atomic E-state index is 12.5. The maximum Gasteiger partial charge on any atom is 0.245 e. The van der Waals surface area contributed by atoms with E-state index in [1.807, 2.05) is 6.26 Å². The first-order valence-electron chi connectivity index (χ1n) is 11.5. The first-order chi connectivity index (χ1) is 15.4. The third kappa shape index (κ3) is 4.03. The minimum atomic E-state index is 0.230. The molecule has 1 aromatic carbocycles. The molecule has 32 heavy (non-hydrogen) atoms. The quantitative estimate of drug-likeness (QED) is 0.627. The maximum absolute atomic E-state index is 12.5. The van der Waals surface area contributed by atoms with Gasteiger partial charge in [0.25, 0.3) is 0 Å². The Labute approximate surface area is 194 Å². The normalized spacial score (nSPS) is 19.2. The lowest BCUT2D eigenvalue weighted by Crippen LogP contribution is -2.58. The van der Waals surface area contributed by atoms with Crippen LogP contribution in [0, 0.1) is 32.1 Å². The van der Waals surface area contributed by atoms with Crippen molar-refractivity contribution < 1.29 is 9.53 Å². The Morgan fingerprint density at radius 2 is 1.88 bits per heavy atom. The molecule has 7 heteroatoms. The molecule has 3 aliphatic rings. The molecule has 2 aliphatic heterocycles. The molecule has 0 unspecified atom stereocenters. The summed E-state index contributed by atoms with van der Waals surface area (Å²) in [7, 11) is 0. The summed E-state index contributed by atoms with van der Waals surface area (Å²) in [6.45, 7) is 9.97. The van der Waals surface area contributed by atoms with Crippen molar-refractivity contribution in [3.05, 3.63) is 41.0 Å². The van der Waals surface area contributed by atoms with Gasteiger partial charge in [-0.3, -0.25) is 4.79 Å². The minimum Gasteiger partial charge on any atom is -0.436 e. The van der Waals surface area contributed by atoms with Gasteiger partial charge < -0.3 is 19.3 Å². The van der Waals surface area contributed by atoms with Crippen LogP contribution >= 0.6 is 11.9 Å². The number of aryl methyl sites for hydroxylation is 3. The molecule has 1 aliphatic carbocycles. The van der Waals surface area contributed by atoms with E-state index in [0.29, 0.717) is 17.7 Å². The van der Waals surface area contributed by atoms with Crippen molar-refractivity contribution in [1.82, 2.24) is 9.88 Å². The monoisotopic (exact) mass is 452 g/mol. The summed E-state index contributed by atoms with van der Waals surface area (Å²) in [4.78, 5) is 21.8. The molecule has 2 saturated heterocycles. The lowest BCUT2D eigenvalue weighted by molar-refractivity contribution is -0.132. The summed E-state index contributed by atoms with van der Waals surface area (Å²) in [5.41, 5.74) is 4.55. The number of benzene rings is 1.